The summed E-state index contributed by atoms with van der Waals surface area (Å²) in [6, 6.07) is 3.45. The van der Waals surface area contributed by atoms with Crippen LogP contribution in [0.15, 0.2) is 24.3 Å². The number of hydrogen-bond acceptors (Lipinski definition) is 4. The maximum absolute atomic E-state index is 13.0. The van der Waals surface area contributed by atoms with E-state index in [2.05, 4.69) is 4.74 Å². The number of nitrogens with one attached hydrogen (secondary N) is 1. The van der Waals surface area contributed by atoms with Gasteiger partial charge in [0.05, 0.1) is 18.6 Å². The Morgan fingerprint density at radius 3 is 2.31 bits per heavy atom. The number of sulfonamides is 1. The van der Waals surface area contributed by atoms with Crippen LogP contribution >= 0.6 is 0 Å². The molecule has 0 heterocycles. The molecular weight excluding hydrogens is 392 g/mol. The second kappa shape index (κ2) is 8.25. The number of hydrogen-bond donors (Lipinski definition) is 1. The van der Waals surface area contributed by atoms with Crippen molar-refractivity contribution in [2.45, 2.75) is 37.5 Å². The van der Waals surface area contributed by atoms with E-state index in [-0.39, 0.29) is 12.2 Å². The molecule has 1 unspecified atom stereocenters. The van der Waals surface area contributed by atoms with E-state index in [1.807, 2.05) is 0 Å². The third kappa shape index (κ3) is 6.48. The number of carbonyl (C=O) groups is 1. The maximum Gasteiger partial charge on any atom is 0.416 e. The number of esters is 1. The summed E-state index contributed by atoms with van der Waals surface area (Å²) < 4.78 is 107. The first-order valence-electron chi connectivity index (χ1n) is 7.14. The van der Waals surface area contributed by atoms with Gasteiger partial charge in [-0.1, -0.05) is 18.2 Å². The number of rotatable bonds is 7. The SMILES string of the molecule is CCOC(=O)CC(C(F)(F)F)S(=O)(=O)NCc1cccc(C(F)(F)F)c1. The molecule has 1 atom stereocenters. The third-order valence-electron chi connectivity index (χ3n) is 3.13. The Morgan fingerprint density at radius 1 is 1.19 bits per heavy atom. The molecule has 0 radical (unpaired) electrons. The Labute approximate surface area is 145 Å². The van der Waals surface area contributed by atoms with E-state index in [9.17, 15) is 39.6 Å². The highest BCUT2D eigenvalue weighted by Crippen LogP contribution is 2.30. The lowest BCUT2D eigenvalue weighted by atomic mass is 10.1. The molecule has 0 amide bonds. The number of benzene rings is 1. The summed E-state index contributed by atoms with van der Waals surface area (Å²) in [5.74, 6) is -1.36. The van der Waals surface area contributed by atoms with E-state index in [0.717, 1.165) is 18.2 Å². The van der Waals surface area contributed by atoms with Gasteiger partial charge in [0.2, 0.25) is 10.0 Å². The fraction of sp³-hybridized carbons (Fsp3) is 0.500. The van der Waals surface area contributed by atoms with Gasteiger partial charge < -0.3 is 4.74 Å². The van der Waals surface area contributed by atoms with Gasteiger partial charge in [0, 0.05) is 6.54 Å². The third-order valence-corrected chi connectivity index (χ3v) is 4.86. The van der Waals surface area contributed by atoms with Crippen LogP contribution < -0.4 is 4.72 Å². The number of ether oxygens (including phenoxy) is 1. The summed E-state index contributed by atoms with van der Waals surface area (Å²) >= 11 is 0. The fourth-order valence-corrected chi connectivity index (χ4v) is 3.19. The first kappa shape index (κ1) is 22.2. The number of halogens is 6. The molecule has 1 aromatic carbocycles. The van der Waals surface area contributed by atoms with Crippen LogP contribution in [0, 0.1) is 0 Å². The van der Waals surface area contributed by atoms with Gasteiger partial charge >= 0.3 is 18.3 Å². The van der Waals surface area contributed by atoms with Crippen molar-refractivity contribution in [1.82, 2.24) is 4.72 Å². The van der Waals surface area contributed by atoms with Gasteiger partial charge in [-0.15, -0.1) is 0 Å². The van der Waals surface area contributed by atoms with Gasteiger partial charge in [-0.3, -0.25) is 4.79 Å². The Morgan fingerprint density at radius 2 is 1.81 bits per heavy atom. The lowest BCUT2D eigenvalue weighted by Gasteiger charge is -2.20. The zero-order valence-corrected chi connectivity index (χ0v) is 14.1. The van der Waals surface area contributed by atoms with Crippen LogP contribution in [0.4, 0.5) is 26.3 Å². The first-order valence-corrected chi connectivity index (χ1v) is 8.69. The smallest absolute Gasteiger partial charge is 0.416 e. The Kier molecular flexibility index (Phi) is 7.05. The van der Waals surface area contributed by atoms with Crippen LogP contribution in [0.1, 0.15) is 24.5 Å². The monoisotopic (exact) mass is 407 g/mol. The van der Waals surface area contributed by atoms with Crippen molar-refractivity contribution in [2.24, 2.45) is 0 Å². The average Bonchev–Trinajstić information content (AvgIpc) is 2.49. The van der Waals surface area contributed by atoms with Crippen LogP contribution in [0.3, 0.4) is 0 Å². The van der Waals surface area contributed by atoms with E-state index < -0.39 is 52.1 Å². The zero-order valence-electron chi connectivity index (χ0n) is 13.3. The maximum atomic E-state index is 13.0. The second-order valence-corrected chi connectivity index (χ2v) is 7.05. The van der Waals surface area contributed by atoms with Crippen molar-refractivity contribution >= 4 is 16.0 Å². The number of carbonyl (C=O) groups excluding carboxylic acids is 1. The van der Waals surface area contributed by atoms with Gasteiger partial charge in [0.1, 0.15) is 0 Å². The first-order chi connectivity index (χ1) is 11.8. The molecule has 1 rings (SSSR count). The van der Waals surface area contributed by atoms with E-state index in [1.165, 1.54) is 6.92 Å². The van der Waals surface area contributed by atoms with Crippen LogP contribution in [-0.2, 0) is 32.3 Å². The molecule has 0 aliphatic carbocycles. The molecule has 1 N–H and O–H groups in total. The molecule has 12 heteroatoms. The predicted octanol–water partition coefficient (Wildman–Crippen LogP) is 3.01. The molecular formula is C14H15F6NO4S. The topological polar surface area (TPSA) is 72.5 Å². The highest BCUT2D eigenvalue weighted by atomic mass is 32.2. The molecule has 0 saturated carbocycles. The van der Waals surface area contributed by atoms with Gasteiger partial charge in [-0.25, -0.2) is 13.1 Å². The van der Waals surface area contributed by atoms with Gasteiger partial charge in [0.25, 0.3) is 0 Å². The minimum atomic E-state index is -5.27. The van der Waals surface area contributed by atoms with E-state index in [4.69, 9.17) is 0 Å². The fourth-order valence-electron chi connectivity index (χ4n) is 1.91. The van der Waals surface area contributed by atoms with Crippen LogP contribution in [-0.4, -0.2) is 32.4 Å². The van der Waals surface area contributed by atoms with Gasteiger partial charge in [-0.05, 0) is 18.6 Å². The summed E-state index contributed by atoms with van der Waals surface area (Å²) in [7, 11) is -5.10. The van der Waals surface area contributed by atoms with Crippen molar-refractivity contribution < 1.29 is 44.3 Å². The molecule has 0 fully saturated rings. The molecule has 0 aromatic heterocycles. The van der Waals surface area contributed by atoms with Crippen LogP contribution in [0.5, 0.6) is 0 Å². The van der Waals surface area contributed by atoms with Crippen molar-refractivity contribution in [3.63, 3.8) is 0 Å². The molecule has 148 valence electrons. The summed E-state index contributed by atoms with van der Waals surface area (Å²) in [5, 5.41) is -3.08. The quantitative estimate of drug-likeness (QED) is 0.557. The van der Waals surface area contributed by atoms with Crippen molar-refractivity contribution in [1.29, 1.82) is 0 Å². The lowest BCUT2D eigenvalue weighted by molar-refractivity contribution is -0.155. The summed E-state index contributed by atoms with van der Waals surface area (Å²) in [6.45, 7) is 0.295. The Balaban J connectivity index is 2.96. The normalized spacial score (nSPS) is 14.1. The van der Waals surface area contributed by atoms with Gasteiger partial charge in [-0.2, -0.15) is 26.3 Å². The number of alkyl halides is 6. The second-order valence-electron chi connectivity index (χ2n) is 5.10. The van der Waals surface area contributed by atoms with E-state index >= 15 is 0 Å². The zero-order chi connectivity index (χ0) is 20.2. The highest BCUT2D eigenvalue weighted by molar-refractivity contribution is 7.90. The summed E-state index contributed by atoms with van der Waals surface area (Å²) in [6.07, 6.45) is -11.4. The highest BCUT2D eigenvalue weighted by Gasteiger charge is 2.50. The average molecular weight is 407 g/mol. The standard InChI is InChI=1S/C14H15F6NO4S/c1-2-25-12(22)7-11(14(18,19)20)26(23,24)21-8-9-4-3-5-10(6-9)13(15,16)17/h3-6,11,21H,2,7-8H2,1H3. The predicted molar refractivity (Wildman–Crippen MR) is 78.3 cm³/mol. The van der Waals surface area contributed by atoms with E-state index in [1.54, 1.807) is 4.72 Å². The molecule has 5 nitrogen and oxygen atoms in total. The Bertz CT molecular complexity index is 730. The molecule has 0 bridgehead atoms. The minimum absolute atomic E-state index is 0.194. The van der Waals surface area contributed by atoms with Crippen molar-refractivity contribution in [2.75, 3.05) is 6.61 Å². The molecule has 0 spiro atoms. The van der Waals surface area contributed by atoms with Crippen molar-refractivity contribution in [3.8, 4) is 0 Å². The summed E-state index contributed by atoms with van der Waals surface area (Å²) in [4.78, 5) is 11.2. The Hall–Kier alpha value is -1.82. The van der Waals surface area contributed by atoms with E-state index in [0.29, 0.717) is 6.07 Å². The molecule has 0 aliphatic rings. The minimum Gasteiger partial charge on any atom is -0.466 e. The van der Waals surface area contributed by atoms with Crippen LogP contribution in [0.2, 0.25) is 0 Å². The molecule has 0 aliphatic heterocycles. The van der Waals surface area contributed by atoms with Crippen LogP contribution in [0.25, 0.3) is 0 Å². The molecule has 1 aromatic rings. The molecule has 0 saturated heterocycles. The molecule has 26 heavy (non-hydrogen) atoms. The lowest BCUT2D eigenvalue weighted by Crippen LogP contribution is -2.45. The largest absolute Gasteiger partial charge is 0.466 e. The summed E-state index contributed by atoms with van der Waals surface area (Å²) in [5.41, 5.74) is -1.27. The van der Waals surface area contributed by atoms with Crippen molar-refractivity contribution in [3.05, 3.63) is 35.4 Å². The van der Waals surface area contributed by atoms with Gasteiger partial charge in [0.15, 0.2) is 5.25 Å².